The van der Waals surface area contributed by atoms with Gasteiger partial charge < -0.3 is 9.52 Å². The molecule has 1 N–H and O–H groups in total. The first-order valence-electron chi connectivity index (χ1n) is 10.2. The minimum Gasteiger partial charge on any atom is -0.480 e. The highest BCUT2D eigenvalue weighted by molar-refractivity contribution is 5.77. The van der Waals surface area contributed by atoms with Gasteiger partial charge in [-0.1, -0.05) is 91.0 Å². The van der Waals surface area contributed by atoms with Gasteiger partial charge >= 0.3 is 5.97 Å². The van der Waals surface area contributed by atoms with Crippen LogP contribution in [0.2, 0.25) is 0 Å². The van der Waals surface area contributed by atoms with Gasteiger partial charge in [0.2, 0.25) is 5.89 Å². The Balaban J connectivity index is 1.63. The molecule has 0 saturated carbocycles. The molecule has 0 radical (unpaired) electrons. The molecule has 1 unspecified atom stereocenters. The molecule has 4 aromatic rings. The first-order chi connectivity index (χ1) is 15.1. The van der Waals surface area contributed by atoms with Crippen LogP contribution in [0.4, 0.5) is 0 Å². The van der Waals surface area contributed by atoms with Gasteiger partial charge in [0.25, 0.3) is 0 Å². The van der Waals surface area contributed by atoms with Crippen LogP contribution >= 0.6 is 0 Å². The Bertz CT molecular complexity index is 1070. The predicted molar refractivity (Wildman–Crippen MR) is 120 cm³/mol. The number of hydrogen-bond acceptors (Lipinski definition) is 4. The molecule has 0 aliphatic carbocycles. The fraction of sp³-hybridized carbons (Fsp3) is 0.154. The second-order valence-corrected chi connectivity index (χ2v) is 7.48. The van der Waals surface area contributed by atoms with Crippen molar-refractivity contribution in [1.82, 2.24) is 9.88 Å². The van der Waals surface area contributed by atoms with Crippen molar-refractivity contribution in [2.24, 2.45) is 0 Å². The fourth-order valence-electron chi connectivity index (χ4n) is 3.60. The summed E-state index contributed by atoms with van der Waals surface area (Å²) in [6.07, 6.45) is 0.407. The van der Waals surface area contributed by atoms with Gasteiger partial charge in [0.05, 0.1) is 6.54 Å². The van der Waals surface area contributed by atoms with Crippen LogP contribution in [0.15, 0.2) is 95.4 Å². The van der Waals surface area contributed by atoms with Gasteiger partial charge in [-0.3, -0.25) is 9.69 Å². The number of oxazole rings is 1. The summed E-state index contributed by atoms with van der Waals surface area (Å²) >= 11 is 0. The topological polar surface area (TPSA) is 66.6 Å². The molecule has 1 atom stereocenters. The first-order valence-corrected chi connectivity index (χ1v) is 10.2. The van der Waals surface area contributed by atoms with Gasteiger partial charge in [-0.05, 0) is 19.0 Å². The Morgan fingerprint density at radius 3 is 2.03 bits per heavy atom. The van der Waals surface area contributed by atoms with Crippen molar-refractivity contribution in [2.45, 2.75) is 19.0 Å². The highest BCUT2D eigenvalue weighted by Gasteiger charge is 2.25. The molecule has 5 heteroatoms. The molecule has 156 valence electrons. The van der Waals surface area contributed by atoms with E-state index in [4.69, 9.17) is 9.40 Å². The molecule has 5 nitrogen and oxygen atoms in total. The van der Waals surface area contributed by atoms with Crippen LogP contribution in [-0.2, 0) is 17.8 Å². The van der Waals surface area contributed by atoms with Gasteiger partial charge in [-0.15, -0.1) is 0 Å². The van der Waals surface area contributed by atoms with Crippen LogP contribution in [0, 0.1) is 0 Å². The highest BCUT2D eigenvalue weighted by Crippen LogP contribution is 2.33. The number of carbonyl (C=O) groups is 1. The molecule has 4 rings (SSSR count). The number of carboxylic acids is 1. The summed E-state index contributed by atoms with van der Waals surface area (Å²) in [4.78, 5) is 18.5. The molecule has 0 amide bonds. The Morgan fingerprint density at radius 1 is 0.903 bits per heavy atom. The Labute approximate surface area is 181 Å². The molecule has 1 aromatic heterocycles. The predicted octanol–water partition coefficient (Wildman–Crippen LogP) is 5.14. The lowest BCUT2D eigenvalue weighted by Gasteiger charge is -2.23. The third kappa shape index (κ3) is 4.90. The highest BCUT2D eigenvalue weighted by atomic mass is 16.4. The van der Waals surface area contributed by atoms with Crippen LogP contribution in [0.1, 0.15) is 11.5 Å². The molecule has 0 aliphatic rings. The first kappa shape index (κ1) is 20.6. The molecular formula is C26H24N2O3. The monoisotopic (exact) mass is 412 g/mol. The quantitative estimate of drug-likeness (QED) is 0.434. The van der Waals surface area contributed by atoms with Crippen molar-refractivity contribution in [3.05, 3.63) is 102 Å². The lowest BCUT2D eigenvalue weighted by Crippen LogP contribution is -2.39. The van der Waals surface area contributed by atoms with E-state index in [1.165, 1.54) is 0 Å². The molecule has 0 fully saturated rings. The minimum absolute atomic E-state index is 0.288. The normalized spacial score (nSPS) is 12.1. The van der Waals surface area contributed by atoms with Gasteiger partial charge in [0, 0.05) is 11.1 Å². The van der Waals surface area contributed by atoms with Crippen molar-refractivity contribution in [3.8, 4) is 22.6 Å². The molecule has 0 bridgehead atoms. The van der Waals surface area contributed by atoms with E-state index in [1.807, 2.05) is 91.0 Å². The summed E-state index contributed by atoms with van der Waals surface area (Å²) < 4.78 is 6.16. The molecular weight excluding hydrogens is 388 g/mol. The van der Waals surface area contributed by atoms with Crippen molar-refractivity contribution in [2.75, 3.05) is 7.05 Å². The third-order valence-corrected chi connectivity index (χ3v) is 5.23. The van der Waals surface area contributed by atoms with E-state index in [0.717, 1.165) is 22.4 Å². The van der Waals surface area contributed by atoms with E-state index >= 15 is 0 Å². The zero-order chi connectivity index (χ0) is 21.6. The van der Waals surface area contributed by atoms with Crippen LogP contribution in [0.5, 0.6) is 0 Å². The number of aromatic nitrogens is 1. The van der Waals surface area contributed by atoms with E-state index in [1.54, 1.807) is 11.9 Å². The molecule has 1 heterocycles. The van der Waals surface area contributed by atoms with Crippen molar-refractivity contribution in [3.63, 3.8) is 0 Å². The van der Waals surface area contributed by atoms with Gasteiger partial charge in [-0.2, -0.15) is 0 Å². The molecule has 3 aromatic carbocycles. The lowest BCUT2D eigenvalue weighted by molar-refractivity contribution is -0.143. The van der Waals surface area contributed by atoms with E-state index in [2.05, 4.69) is 0 Å². The van der Waals surface area contributed by atoms with Gasteiger partial charge in [0.1, 0.15) is 11.7 Å². The maximum atomic E-state index is 12.0. The zero-order valence-electron chi connectivity index (χ0n) is 17.3. The molecule has 0 saturated heterocycles. The summed E-state index contributed by atoms with van der Waals surface area (Å²) in [5, 5.41) is 9.81. The van der Waals surface area contributed by atoms with Crippen molar-refractivity contribution >= 4 is 5.97 Å². The minimum atomic E-state index is -0.871. The Morgan fingerprint density at radius 2 is 1.45 bits per heavy atom. The number of benzene rings is 3. The van der Waals surface area contributed by atoms with Crippen LogP contribution in [0.3, 0.4) is 0 Å². The van der Waals surface area contributed by atoms with E-state index < -0.39 is 12.0 Å². The fourth-order valence-corrected chi connectivity index (χ4v) is 3.60. The summed E-state index contributed by atoms with van der Waals surface area (Å²) in [6, 6.07) is 28.7. The molecule has 0 aliphatic heterocycles. The van der Waals surface area contributed by atoms with Gasteiger partial charge in [-0.25, -0.2) is 4.98 Å². The number of likely N-dealkylation sites (N-methyl/N-ethyl adjacent to an activating group) is 1. The van der Waals surface area contributed by atoms with E-state index in [0.29, 0.717) is 18.1 Å². The Hall–Kier alpha value is -3.70. The molecule has 0 spiro atoms. The van der Waals surface area contributed by atoms with Gasteiger partial charge in [0.15, 0.2) is 5.76 Å². The standard InChI is InChI=1S/C26H24N2O3/c1-28(22(26(29)30)17-19-11-5-2-6-12-19)18-23-27-24(20-13-7-3-8-14-20)25(31-23)21-15-9-4-10-16-21/h2-16,22H,17-18H2,1H3,(H,29,30). The average Bonchev–Trinajstić information content (AvgIpc) is 3.23. The summed E-state index contributed by atoms with van der Waals surface area (Å²) in [5.41, 5.74) is 3.62. The number of aliphatic carboxylic acids is 1. The van der Waals surface area contributed by atoms with Crippen LogP contribution in [0.25, 0.3) is 22.6 Å². The van der Waals surface area contributed by atoms with Crippen LogP contribution < -0.4 is 0 Å². The van der Waals surface area contributed by atoms with Crippen molar-refractivity contribution in [1.29, 1.82) is 0 Å². The third-order valence-electron chi connectivity index (χ3n) is 5.23. The van der Waals surface area contributed by atoms with E-state index in [-0.39, 0.29) is 6.54 Å². The summed E-state index contributed by atoms with van der Waals surface area (Å²) in [5.74, 6) is 0.300. The maximum Gasteiger partial charge on any atom is 0.321 e. The second-order valence-electron chi connectivity index (χ2n) is 7.48. The number of nitrogens with zero attached hydrogens (tertiary/aromatic N) is 2. The summed E-state index contributed by atoms with van der Waals surface area (Å²) in [6.45, 7) is 0.288. The Kier molecular flexibility index (Phi) is 6.24. The summed E-state index contributed by atoms with van der Waals surface area (Å²) in [7, 11) is 1.79. The van der Waals surface area contributed by atoms with E-state index in [9.17, 15) is 9.90 Å². The SMILES string of the molecule is CN(Cc1nc(-c2ccccc2)c(-c2ccccc2)o1)C(Cc1ccccc1)C(=O)O. The number of hydrogen-bond donors (Lipinski definition) is 1. The van der Waals surface area contributed by atoms with Crippen molar-refractivity contribution < 1.29 is 14.3 Å². The number of carboxylic acid groups (broad SMARTS) is 1. The second kappa shape index (κ2) is 9.41. The number of rotatable bonds is 8. The van der Waals surface area contributed by atoms with Crippen LogP contribution in [-0.4, -0.2) is 34.0 Å². The largest absolute Gasteiger partial charge is 0.480 e. The average molecular weight is 412 g/mol. The maximum absolute atomic E-state index is 12.0. The molecule has 31 heavy (non-hydrogen) atoms. The zero-order valence-corrected chi connectivity index (χ0v) is 17.3. The smallest absolute Gasteiger partial charge is 0.321 e. The lowest BCUT2D eigenvalue weighted by atomic mass is 10.1.